The van der Waals surface area contributed by atoms with E-state index in [0.29, 0.717) is 29.6 Å². The van der Waals surface area contributed by atoms with Crippen LogP contribution in [0.1, 0.15) is 37.8 Å². The maximum Gasteiger partial charge on any atom is 0.416 e. The van der Waals surface area contributed by atoms with Gasteiger partial charge in [0.05, 0.1) is 5.56 Å². The number of allylic oxidation sites excluding steroid dienone is 1. The predicted octanol–water partition coefficient (Wildman–Crippen LogP) is 3.76. The van der Waals surface area contributed by atoms with E-state index in [1.165, 1.54) is 12.1 Å². The third-order valence-electron chi connectivity index (χ3n) is 2.93. The number of benzene rings is 1. The molecule has 2 nitrogen and oxygen atoms in total. The highest BCUT2D eigenvalue weighted by atomic mass is 19.4. The highest BCUT2D eigenvalue weighted by Gasteiger charge is 2.30. The van der Waals surface area contributed by atoms with Gasteiger partial charge in [-0.05, 0) is 36.1 Å². The number of hydrogen-bond donors (Lipinski definition) is 1. The molecule has 2 N–H and O–H groups in total. The standard InChI is InChI=1S/C14H16F3NO/c1-3-11(12(4-2)13(18)19)9-5-7-10(8-6-9)14(15,16)17/h5-8H,3-4H2,1-2H3,(H2,18,19). The van der Waals surface area contributed by atoms with Crippen molar-refractivity contribution in [2.24, 2.45) is 5.73 Å². The lowest BCUT2D eigenvalue weighted by atomic mass is 9.95. The minimum absolute atomic E-state index is 0.458. The molecule has 5 heteroatoms. The van der Waals surface area contributed by atoms with Crippen LogP contribution >= 0.6 is 0 Å². The van der Waals surface area contributed by atoms with Crippen molar-refractivity contribution >= 4 is 11.5 Å². The number of primary amides is 1. The van der Waals surface area contributed by atoms with E-state index in [1.54, 1.807) is 6.92 Å². The molecule has 0 atom stereocenters. The first-order chi connectivity index (χ1) is 8.81. The molecule has 0 saturated heterocycles. The Balaban J connectivity index is 3.25. The van der Waals surface area contributed by atoms with E-state index in [4.69, 9.17) is 5.73 Å². The fourth-order valence-electron chi connectivity index (χ4n) is 1.99. The zero-order chi connectivity index (χ0) is 14.6. The number of alkyl halides is 3. The zero-order valence-corrected chi connectivity index (χ0v) is 10.8. The van der Waals surface area contributed by atoms with Gasteiger partial charge in [-0.15, -0.1) is 0 Å². The lowest BCUT2D eigenvalue weighted by Gasteiger charge is -2.12. The molecule has 1 aromatic rings. The van der Waals surface area contributed by atoms with Crippen LogP contribution in [0.4, 0.5) is 13.2 Å². The summed E-state index contributed by atoms with van der Waals surface area (Å²) in [6.07, 6.45) is -3.36. The van der Waals surface area contributed by atoms with Crippen molar-refractivity contribution in [3.63, 3.8) is 0 Å². The lowest BCUT2D eigenvalue weighted by Crippen LogP contribution is -2.15. The summed E-state index contributed by atoms with van der Waals surface area (Å²) < 4.78 is 37.4. The van der Waals surface area contributed by atoms with Crippen LogP contribution < -0.4 is 5.73 Å². The third kappa shape index (κ3) is 3.59. The normalized spacial score (nSPS) is 13.1. The predicted molar refractivity (Wildman–Crippen MR) is 68.1 cm³/mol. The van der Waals surface area contributed by atoms with Gasteiger partial charge in [0.25, 0.3) is 0 Å². The van der Waals surface area contributed by atoms with Crippen LogP contribution in [0.25, 0.3) is 5.57 Å². The molecule has 104 valence electrons. The summed E-state index contributed by atoms with van der Waals surface area (Å²) in [7, 11) is 0. The number of halogens is 3. The molecule has 0 aliphatic heterocycles. The summed E-state index contributed by atoms with van der Waals surface area (Å²) in [6.45, 7) is 3.63. The number of hydrogen-bond acceptors (Lipinski definition) is 1. The molecule has 0 spiro atoms. The van der Waals surface area contributed by atoms with E-state index < -0.39 is 17.6 Å². The van der Waals surface area contributed by atoms with Gasteiger partial charge in [-0.2, -0.15) is 13.2 Å². The van der Waals surface area contributed by atoms with Crippen molar-refractivity contribution in [2.45, 2.75) is 32.9 Å². The first-order valence-electron chi connectivity index (χ1n) is 6.00. The van der Waals surface area contributed by atoms with Gasteiger partial charge in [-0.1, -0.05) is 26.0 Å². The first kappa shape index (κ1) is 15.3. The first-order valence-corrected chi connectivity index (χ1v) is 6.00. The minimum atomic E-state index is -4.36. The van der Waals surface area contributed by atoms with E-state index in [1.807, 2.05) is 6.92 Å². The van der Waals surface area contributed by atoms with Crippen LogP contribution in [0.5, 0.6) is 0 Å². The van der Waals surface area contributed by atoms with Gasteiger partial charge in [0.1, 0.15) is 0 Å². The molecule has 0 fully saturated rings. The van der Waals surface area contributed by atoms with Crippen molar-refractivity contribution in [3.8, 4) is 0 Å². The van der Waals surface area contributed by atoms with Gasteiger partial charge in [0.2, 0.25) is 5.91 Å². The Hall–Kier alpha value is -1.78. The van der Waals surface area contributed by atoms with Crippen LogP contribution in [0.3, 0.4) is 0 Å². The number of rotatable bonds is 4. The molecule has 1 aromatic carbocycles. The van der Waals surface area contributed by atoms with Gasteiger partial charge in [0, 0.05) is 5.57 Å². The quantitative estimate of drug-likeness (QED) is 0.832. The summed E-state index contributed by atoms with van der Waals surface area (Å²) in [5.74, 6) is -0.528. The lowest BCUT2D eigenvalue weighted by molar-refractivity contribution is -0.137. The van der Waals surface area contributed by atoms with E-state index in [0.717, 1.165) is 12.1 Å². The molecule has 19 heavy (non-hydrogen) atoms. The number of nitrogens with two attached hydrogens (primary N) is 1. The number of amides is 1. The van der Waals surface area contributed by atoms with Gasteiger partial charge in [-0.3, -0.25) is 4.79 Å². The van der Waals surface area contributed by atoms with Crippen LogP contribution in [0.15, 0.2) is 29.8 Å². The SMILES string of the molecule is CCC(C(N)=O)=C(CC)c1ccc(C(F)(F)F)cc1. The number of carbonyl (C=O) groups excluding carboxylic acids is 1. The van der Waals surface area contributed by atoms with Crippen molar-refractivity contribution in [1.29, 1.82) is 0 Å². The fourth-order valence-corrected chi connectivity index (χ4v) is 1.99. The minimum Gasteiger partial charge on any atom is -0.366 e. The summed E-state index contributed by atoms with van der Waals surface area (Å²) in [6, 6.07) is 4.78. The molecule has 1 amide bonds. The van der Waals surface area contributed by atoms with E-state index in [-0.39, 0.29) is 0 Å². The second kappa shape index (κ2) is 5.91. The van der Waals surface area contributed by atoms with Crippen molar-refractivity contribution in [2.75, 3.05) is 0 Å². The van der Waals surface area contributed by atoms with E-state index in [9.17, 15) is 18.0 Å². The summed E-state index contributed by atoms with van der Waals surface area (Å²) in [4.78, 5) is 11.3. The maximum absolute atomic E-state index is 12.5. The molecule has 0 bridgehead atoms. The molecule has 0 unspecified atom stereocenters. The fraction of sp³-hybridized carbons (Fsp3) is 0.357. The molecule has 0 aliphatic carbocycles. The highest BCUT2D eigenvalue weighted by molar-refractivity contribution is 6.00. The Morgan fingerprint density at radius 1 is 1.11 bits per heavy atom. The molecular formula is C14H16F3NO. The average Bonchev–Trinajstić information content (AvgIpc) is 2.34. The number of carbonyl (C=O) groups is 1. The topological polar surface area (TPSA) is 43.1 Å². The molecular weight excluding hydrogens is 255 g/mol. The second-order valence-corrected chi connectivity index (χ2v) is 4.10. The molecule has 0 radical (unpaired) electrons. The third-order valence-corrected chi connectivity index (χ3v) is 2.93. The Morgan fingerprint density at radius 3 is 1.95 bits per heavy atom. The summed E-state index contributed by atoms with van der Waals surface area (Å²) in [5.41, 5.74) is 6.34. The van der Waals surface area contributed by atoms with Crippen molar-refractivity contribution in [1.82, 2.24) is 0 Å². The van der Waals surface area contributed by atoms with E-state index >= 15 is 0 Å². The Bertz CT molecular complexity index is 486. The molecule has 0 heterocycles. The molecule has 0 saturated carbocycles. The molecule has 1 rings (SSSR count). The van der Waals surface area contributed by atoms with Crippen LogP contribution in [-0.2, 0) is 11.0 Å². The highest BCUT2D eigenvalue weighted by Crippen LogP contribution is 2.31. The zero-order valence-electron chi connectivity index (χ0n) is 10.8. The Kier molecular flexibility index (Phi) is 4.75. The summed E-state index contributed by atoms with van der Waals surface area (Å²) >= 11 is 0. The van der Waals surface area contributed by atoms with Gasteiger partial charge >= 0.3 is 6.18 Å². The second-order valence-electron chi connectivity index (χ2n) is 4.10. The largest absolute Gasteiger partial charge is 0.416 e. The van der Waals surface area contributed by atoms with Gasteiger partial charge in [0.15, 0.2) is 0 Å². The summed E-state index contributed by atoms with van der Waals surface area (Å²) in [5, 5.41) is 0. The van der Waals surface area contributed by atoms with Crippen LogP contribution in [0, 0.1) is 0 Å². The van der Waals surface area contributed by atoms with Crippen molar-refractivity contribution in [3.05, 3.63) is 41.0 Å². The molecule has 0 aliphatic rings. The maximum atomic E-state index is 12.5. The monoisotopic (exact) mass is 271 g/mol. The van der Waals surface area contributed by atoms with E-state index in [2.05, 4.69) is 0 Å². The van der Waals surface area contributed by atoms with Gasteiger partial charge in [-0.25, -0.2) is 0 Å². The average molecular weight is 271 g/mol. The van der Waals surface area contributed by atoms with Gasteiger partial charge < -0.3 is 5.73 Å². The smallest absolute Gasteiger partial charge is 0.366 e. The van der Waals surface area contributed by atoms with Crippen LogP contribution in [0.2, 0.25) is 0 Å². The molecule has 0 aromatic heterocycles. The Morgan fingerprint density at radius 2 is 1.63 bits per heavy atom. The van der Waals surface area contributed by atoms with Crippen molar-refractivity contribution < 1.29 is 18.0 Å². The van der Waals surface area contributed by atoms with Crippen LogP contribution in [-0.4, -0.2) is 5.91 Å². The Labute approximate surface area is 110 Å².